The lowest BCUT2D eigenvalue weighted by molar-refractivity contribution is -0.148. The Morgan fingerprint density at radius 3 is 2.07 bits per heavy atom. The monoisotopic (exact) mass is 210 g/mol. The number of hydrogen-bond acceptors (Lipinski definition) is 7. The van der Waals surface area contributed by atoms with Crippen LogP contribution in [0.4, 0.5) is 0 Å². The SMILES string of the molecule is NNC(=O)[C@H](O)[C@H](O)[C@@H](O)[C@@H](O)CO. The molecule has 0 saturated carbocycles. The van der Waals surface area contributed by atoms with Gasteiger partial charge in [-0.05, 0) is 0 Å². The van der Waals surface area contributed by atoms with E-state index in [2.05, 4.69) is 5.84 Å². The molecule has 84 valence electrons. The first-order valence-electron chi connectivity index (χ1n) is 3.79. The van der Waals surface area contributed by atoms with Crippen molar-refractivity contribution in [2.45, 2.75) is 24.4 Å². The third-order valence-corrected chi connectivity index (χ3v) is 1.67. The number of aliphatic hydroxyl groups excluding tert-OH is 5. The second kappa shape index (κ2) is 5.86. The molecule has 14 heavy (non-hydrogen) atoms. The Bertz CT molecular complexity index is 189. The largest absolute Gasteiger partial charge is 0.394 e. The molecule has 0 saturated heterocycles. The van der Waals surface area contributed by atoms with E-state index in [1.807, 2.05) is 0 Å². The summed E-state index contributed by atoms with van der Waals surface area (Å²) < 4.78 is 0. The summed E-state index contributed by atoms with van der Waals surface area (Å²) in [5.74, 6) is 3.55. The van der Waals surface area contributed by atoms with Crippen LogP contribution in [0.25, 0.3) is 0 Å². The highest BCUT2D eigenvalue weighted by Gasteiger charge is 2.33. The molecule has 8 heteroatoms. The number of nitrogens with one attached hydrogen (secondary N) is 1. The normalized spacial score (nSPS) is 19.6. The van der Waals surface area contributed by atoms with Crippen molar-refractivity contribution in [2.24, 2.45) is 5.84 Å². The van der Waals surface area contributed by atoms with Crippen LogP contribution in [0.5, 0.6) is 0 Å². The maximum absolute atomic E-state index is 10.7. The summed E-state index contributed by atoms with van der Waals surface area (Å²) in [6, 6.07) is 0. The summed E-state index contributed by atoms with van der Waals surface area (Å²) in [5.41, 5.74) is 1.55. The molecule has 0 aliphatic heterocycles. The number of amides is 1. The molecule has 0 heterocycles. The zero-order valence-electron chi connectivity index (χ0n) is 7.24. The lowest BCUT2D eigenvalue weighted by Gasteiger charge is -2.24. The number of aliphatic hydroxyl groups is 5. The molecule has 0 rings (SSSR count). The number of carbonyl (C=O) groups excluding carboxylic acids is 1. The highest BCUT2D eigenvalue weighted by atomic mass is 16.4. The molecule has 1 amide bonds. The average Bonchev–Trinajstić information content (AvgIpc) is 2.23. The Hall–Kier alpha value is -0.770. The summed E-state index contributed by atoms with van der Waals surface area (Å²) in [6.45, 7) is -0.810. The molecule has 0 aromatic carbocycles. The lowest BCUT2D eigenvalue weighted by atomic mass is 10.0. The highest BCUT2D eigenvalue weighted by Crippen LogP contribution is 2.04. The van der Waals surface area contributed by atoms with Gasteiger partial charge in [0.1, 0.15) is 18.3 Å². The maximum atomic E-state index is 10.7. The van der Waals surface area contributed by atoms with Gasteiger partial charge in [0.05, 0.1) is 6.61 Å². The molecule has 0 bridgehead atoms. The van der Waals surface area contributed by atoms with Gasteiger partial charge in [0.25, 0.3) is 5.91 Å². The van der Waals surface area contributed by atoms with Crippen LogP contribution in [0.3, 0.4) is 0 Å². The van der Waals surface area contributed by atoms with Crippen molar-refractivity contribution in [3.63, 3.8) is 0 Å². The summed E-state index contributed by atoms with van der Waals surface area (Å²) in [5, 5.41) is 44.4. The van der Waals surface area contributed by atoms with Crippen molar-refractivity contribution in [2.75, 3.05) is 6.61 Å². The molecular formula is C6H14N2O6. The predicted octanol–water partition coefficient (Wildman–Crippen LogP) is -4.59. The molecular weight excluding hydrogens is 196 g/mol. The molecule has 8 nitrogen and oxygen atoms in total. The van der Waals surface area contributed by atoms with Gasteiger partial charge in [0.15, 0.2) is 6.10 Å². The molecule has 0 radical (unpaired) electrons. The maximum Gasteiger partial charge on any atom is 0.265 e. The molecule has 0 fully saturated rings. The minimum atomic E-state index is -1.98. The number of hydrogen-bond donors (Lipinski definition) is 7. The summed E-state index contributed by atoms with van der Waals surface area (Å²) >= 11 is 0. The second-order valence-electron chi connectivity index (χ2n) is 2.68. The van der Waals surface area contributed by atoms with E-state index >= 15 is 0 Å². The van der Waals surface area contributed by atoms with E-state index in [1.54, 1.807) is 5.43 Å². The van der Waals surface area contributed by atoms with Crippen LogP contribution >= 0.6 is 0 Å². The Kier molecular flexibility index (Phi) is 5.53. The molecule has 0 aromatic heterocycles. The van der Waals surface area contributed by atoms with Crippen molar-refractivity contribution in [1.29, 1.82) is 0 Å². The van der Waals surface area contributed by atoms with Crippen molar-refractivity contribution >= 4 is 5.91 Å². The van der Waals surface area contributed by atoms with Crippen LogP contribution in [-0.2, 0) is 4.79 Å². The van der Waals surface area contributed by atoms with E-state index in [1.165, 1.54) is 0 Å². The van der Waals surface area contributed by atoms with Gasteiger partial charge in [-0.15, -0.1) is 0 Å². The van der Waals surface area contributed by atoms with Gasteiger partial charge in [0.2, 0.25) is 0 Å². The van der Waals surface area contributed by atoms with Gasteiger partial charge >= 0.3 is 0 Å². The van der Waals surface area contributed by atoms with Crippen LogP contribution in [-0.4, -0.2) is 62.5 Å². The zero-order chi connectivity index (χ0) is 11.3. The molecule has 4 atom stereocenters. The van der Waals surface area contributed by atoms with E-state index in [0.29, 0.717) is 0 Å². The first-order valence-corrected chi connectivity index (χ1v) is 3.79. The van der Waals surface area contributed by atoms with E-state index < -0.39 is 36.9 Å². The fourth-order valence-corrected chi connectivity index (χ4v) is 0.763. The number of rotatable bonds is 5. The van der Waals surface area contributed by atoms with Crippen LogP contribution in [0, 0.1) is 0 Å². The Morgan fingerprint density at radius 1 is 1.21 bits per heavy atom. The van der Waals surface area contributed by atoms with Gasteiger partial charge in [0, 0.05) is 0 Å². The predicted molar refractivity (Wildman–Crippen MR) is 43.4 cm³/mol. The van der Waals surface area contributed by atoms with E-state index in [4.69, 9.17) is 25.5 Å². The Morgan fingerprint density at radius 2 is 1.71 bits per heavy atom. The molecule has 0 spiro atoms. The van der Waals surface area contributed by atoms with Crippen LogP contribution in [0.1, 0.15) is 0 Å². The van der Waals surface area contributed by atoms with E-state index in [9.17, 15) is 4.79 Å². The lowest BCUT2D eigenvalue weighted by Crippen LogP contribution is -2.52. The molecule has 0 aliphatic carbocycles. The molecule has 0 aromatic rings. The molecule has 0 unspecified atom stereocenters. The first kappa shape index (κ1) is 13.2. The quantitative estimate of drug-likeness (QED) is 0.137. The van der Waals surface area contributed by atoms with Gasteiger partial charge in [-0.1, -0.05) is 0 Å². The van der Waals surface area contributed by atoms with Crippen molar-refractivity contribution < 1.29 is 30.3 Å². The van der Waals surface area contributed by atoms with Crippen LogP contribution in [0.15, 0.2) is 0 Å². The topological polar surface area (TPSA) is 156 Å². The highest BCUT2D eigenvalue weighted by molar-refractivity contribution is 5.80. The second-order valence-corrected chi connectivity index (χ2v) is 2.68. The summed E-state index contributed by atoms with van der Waals surface area (Å²) in [4.78, 5) is 10.7. The van der Waals surface area contributed by atoms with E-state index in [0.717, 1.165) is 0 Å². The number of carbonyl (C=O) groups is 1. The van der Waals surface area contributed by atoms with Crippen molar-refractivity contribution in [3.05, 3.63) is 0 Å². The van der Waals surface area contributed by atoms with Crippen molar-refractivity contribution in [3.8, 4) is 0 Å². The number of nitrogens with two attached hydrogens (primary N) is 1. The van der Waals surface area contributed by atoms with Crippen LogP contribution in [0.2, 0.25) is 0 Å². The van der Waals surface area contributed by atoms with Crippen LogP contribution < -0.4 is 11.3 Å². The molecule has 0 aliphatic rings. The van der Waals surface area contributed by atoms with Crippen molar-refractivity contribution in [1.82, 2.24) is 5.43 Å². The number of hydrazine groups is 1. The van der Waals surface area contributed by atoms with Gasteiger partial charge in [-0.2, -0.15) is 0 Å². The first-order chi connectivity index (χ1) is 6.45. The zero-order valence-corrected chi connectivity index (χ0v) is 7.24. The standard InChI is InChI=1S/C6H14N2O6/c7-8-6(14)5(13)4(12)3(11)2(10)1-9/h2-5,9-13H,1,7H2,(H,8,14)/t2-,3-,4+,5+/m0/s1. The summed E-state index contributed by atoms with van der Waals surface area (Å²) in [6.07, 6.45) is -7.39. The third-order valence-electron chi connectivity index (χ3n) is 1.67. The fourth-order valence-electron chi connectivity index (χ4n) is 0.763. The third kappa shape index (κ3) is 3.18. The fraction of sp³-hybridized carbons (Fsp3) is 0.833. The van der Waals surface area contributed by atoms with Gasteiger partial charge in [-0.3, -0.25) is 10.2 Å². The van der Waals surface area contributed by atoms with Gasteiger partial charge in [-0.25, -0.2) is 5.84 Å². The van der Waals surface area contributed by atoms with Gasteiger partial charge < -0.3 is 25.5 Å². The Balaban J connectivity index is 4.30. The molecule has 8 N–H and O–H groups in total. The Labute approximate surface area is 79.6 Å². The minimum absolute atomic E-state index is 0.810. The smallest absolute Gasteiger partial charge is 0.265 e. The average molecular weight is 210 g/mol. The van der Waals surface area contributed by atoms with E-state index in [-0.39, 0.29) is 0 Å². The minimum Gasteiger partial charge on any atom is -0.394 e. The summed E-state index contributed by atoms with van der Waals surface area (Å²) in [7, 11) is 0.